The molecule has 7 heteroatoms. The summed E-state index contributed by atoms with van der Waals surface area (Å²) < 4.78 is 22.3. The van der Waals surface area contributed by atoms with Gasteiger partial charge < -0.3 is 20.2 Å². The van der Waals surface area contributed by atoms with Gasteiger partial charge >= 0.3 is 0 Å². The Labute approximate surface area is 120 Å². The maximum atomic E-state index is 12.1. The van der Waals surface area contributed by atoms with Gasteiger partial charge in [-0.15, -0.1) is 0 Å². The van der Waals surface area contributed by atoms with Crippen molar-refractivity contribution in [2.24, 2.45) is 0 Å². The average Bonchev–Trinajstić information content (AvgIpc) is 2.85. The molecule has 0 aliphatic carbocycles. The van der Waals surface area contributed by atoms with Crippen LogP contribution in [0.2, 0.25) is 0 Å². The number of aromatic amines is 1. The Morgan fingerprint density at radius 3 is 3.00 bits per heavy atom. The molecule has 2 aromatic rings. The number of anilines is 1. The van der Waals surface area contributed by atoms with Gasteiger partial charge in [0.25, 0.3) is 0 Å². The molecule has 0 spiro atoms. The van der Waals surface area contributed by atoms with E-state index in [2.05, 4.69) is 9.97 Å². The van der Waals surface area contributed by atoms with Crippen LogP contribution in [0.3, 0.4) is 0 Å². The molecule has 1 atom stereocenters. The Bertz CT molecular complexity index is 585. The lowest BCUT2D eigenvalue weighted by Crippen LogP contribution is -2.07. The summed E-state index contributed by atoms with van der Waals surface area (Å²) in [5.41, 5.74) is 7.94. The highest BCUT2D eigenvalue weighted by Crippen LogP contribution is 2.16. The number of imidazole rings is 1. The number of hydrogen-bond acceptors (Lipinski definition) is 5. The molecule has 110 valence electrons. The molecular formula is C13H19N3O3S. The van der Waals surface area contributed by atoms with Crippen molar-refractivity contribution in [2.75, 3.05) is 38.4 Å². The molecule has 0 aliphatic rings. The predicted molar refractivity (Wildman–Crippen MR) is 79.1 cm³/mol. The predicted octanol–water partition coefficient (Wildman–Crippen LogP) is 1.31. The zero-order valence-electron chi connectivity index (χ0n) is 11.4. The van der Waals surface area contributed by atoms with Gasteiger partial charge in [0, 0.05) is 25.2 Å². The molecule has 3 N–H and O–H groups in total. The van der Waals surface area contributed by atoms with Crippen molar-refractivity contribution in [1.29, 1.82) is 0 Å². The molecule has 2 rings (SSSR count). The van der Waals surface area contributed by atoms with Gasteiger partial charge in [-0.1, -0.05) is 0 Å². The van der Waals surface area contributed by atoms with E-state index >= 15 is 0 Å². The van der Waals surface area contributed by atoms with Crippen molar-refractivity contribution in [3.63, 3.8) is 0 Å². The molecule has 0 aliphatic heterocycles. The van der Waals surface area contributed by atoms with Crippen LogP contribution in [-0.2, 0) is 20.3 Å². The van der Waals surface area contributed by atoms with Gasteiger partial charge in [-0.25, -0.2) is 4.98 Å². The number of nitrogens with one attached hydrogen (secondary N) is 1. The summed E-state index contributed by atoms with van der Waals surface area (Å²) in [6.45, 7) is 1.71. The number of methoxy groups -OCH3 is 1. The second kappa shape index (κ2) is 7.37. The highest BCUT2D eigenvalue weighted by molar-refractivity contribution is 7.84. The lowest BCUT2D eigenvalue weighted by Gasteiger charge is -2.02. The van der Waals surface area contributed by atoms with E-state index in [9.17, 15) is 4.21 Å². The second-order valence-electron chi connectivity index (χ2n) is 4.33. The van der Waals surface area contributed by atoms with Crippen LogP contribution in [0.1, 0.15) is 6.42 Å². The number of nitrogens with two attached hydrogens (primary N) is 1. The standard InChI is InChI=1S/C13H19N3O3S/c1-18-6-7-19-5-2-8-20(17)13-15-11-4-3-10(14)9-12(11)16-13/h3-4,9H,2,5-8,14H2,1H3,(H,15,16). The first-order chi connectivity index (χ1) is 9.70. The first-order valence-corrected chi connectivity index (χ1v) is 7.73. The largest absolute Gasteiger partial charge is 0.399 e. The van der Waals surface area contributed by atoms with Crippen molar-refractivity contribution in [1.82, 2.24) is 9.97 Å². The first kappa shape index (κ1) is 15.0. The third kappa shape index (κ3) is 4.03. The van der Waals surface area contributed by atoms with E-state index in [1.165, 1.54) is 0 Å². The maximum Gasteiger partial charge on any atom is 0.197 e. The molecule has 0 amide bonds. The quantitative estimate of drug-likeness (QED) is 0.566. The van der Waals surface area contributed by atoms with Gasteiger partial charge in [0.2, 0.25) is 0 Å². The lowest BCUT2D eigenvalue weighted by molar-refractivity contribution is 0.0713. The van der Waals surface area contributed by atoms with Crippen molar-refractivity contribution in [3.8, 4) is 0 Å². The minimum absolute atomic E-state index is 0.488. The zero-order valence-corrected chi connectivity index (χ0v) is 12.2. The van der Waals surface area contributed by atoms with Crippen LogP contribution in [0.4, 0.5) is 5.69 Å². The number of H-pyrrole nitrogens is 1. The summed E-state index contributed by atoms with van der Waals surface area (Å²) in [6, 6.07) is 5.38. The number of hydrogen-bond donors (Lipinski definition) is 2. The zero-order chi connectivity index (χ0) is 14.4. The fourth-order valence-electron chi connectivity index (χ4n) is 1.74. The monoisotopic (exact) mass is 297 g/mol. The van der Waals surface area contributed by atoms with E-state index in [1.807, 2.05) is 6.07 Å². The topological polar surface area (TPSA) is 90.2 Å². The van der Waals surface area contributed by atoms with Crippen LogP contribution in [0.25, 0.3) is 11.0 Å². The Balaban J connectivity index is 1.85. The van der Waals surface area contributed by atoms with Crippen molar-refractivity contribution in [2.45, 2.75) is 11.6 Å². The lowest BCUT2D eigenvalue weighted by atomic mass is 10.3. The second-order valence-corrected chi connectivity index (χ2v) is 5.81. The van der Waals surface area contributed by atoms with Gasteiger partial charge in [0.15, 0.2) is 5.16 Å². The molecule has 0 fully saturated rings. The minimum atomic E-state index is -1.15. The number of rotatable bonds is 8. The summed E-state index contributed by atoms with van der Waals surface area (Å²) in [6.07, 6.45) is 0.718. The highest BCUT2D eigenvalue weighted by Gasteiger charge is 2.09. The first-order valence-electron chi connectivity index (χ1n) is 6.41. The van der Waals surface area contributed by atoms with E-state index in [4.69, 9.17) is 15.2 Å². The van der Waals surface area contributed by atoms with E-state index in [0.29, 0.717) is 36.4 Å². The maximum absolute atomic E-state index is 12.1. The van der Waals surface area contributed by atoms with E-state index in [-0.39, 0.29) is 0 Å². The van der Waals surface area contributed by atoms with Crippen LogP contribution in [-0.4, -0.2) is 46.9 Å². The van der Waals surface area contributed by atoms with E-state index < -0.39 is 10.8 Å². The number of nitrogen functional groups attached to an aromatic ring is 1. The number of fused-ring (bicyclic) bond motifs is 1. The van der Waals surface area contributed by atoms with Gasteiger partial charge in [-0.2, -0.15) is 0 Å². The molecular weight excluding hydrogens is 278 g/mol. The van der Waals surface area contributed by atoms with Crippen molar-refractivity contribution < 1.29 is 13.7 Å². The summed E-state index contributed by atoms with van der Waals surface area (Å²) in [5, 5.41) is 0.488. The Morgan fingerprint density at radius 1 is 1.35 bits per heavy atom. The number of nitrogens with zero attached hydrogens (tertiary/aromatic N) is 1. The van der Waals surface area contributed by atoms with Crippen LogP contribution in [0.15, 0.2) is 23.4 Å². The smallest absolute Gasteiger partial charge is 0.197 e. The normalized spacial score (nSPS) is 12.8. The molecule has 0 saturated heterocycles. The molecule has 1 heterocycles. The molecule has 1 unspecified atom stereocenters. The van der Waals surface area contributed by atoms with Gasteiger partial charge in [0.1, 0.15) is 0 Å². The van der Waals surface area contributed by atoms with Crippen molar-refractivity contribution >= 4 is 27.5 Å². The van der Waals surface area contributed by atoms with Crippen LogP contribution in [0, 0.1) is 0 Å². The molecule has 1 aromatic carbocycles. The molecule has 0 saturated carbocycles. The van der Waals surface area contributed by atoms with Crippen LogP contribution < -0.4 is 5.73 Å². The number of ether oxygens (including phenoxy) is 2. The average molecular weight is 297 g/mol. The summed E-state index contributed by atoms with van der Waals surface area (Å²) in [4.78, 5) is 7.36. The van der Waals surface area contributed by atoms with Gasteiger partial charge in [0.05, 0.1) is 35.0 Å². The summed E-state index contributed by atoms with van der Waals surface area (Å²) >= 11 is 0. The SMILES string of the molecule is COCCOCCCS(=O)c1nc2ccc(N)cc2[nH]1. The summed E-state index contributed by atoms with van der Waals surface area (Å²) in [7, 11) is 0.483. The fraction of sp³-hybridized carbons (Fsp3) is 0.462. The Kier molecular flexibility index (Phi) is 5.51. The van der Waals surface area contributed by atoms with Crippen LogP contribution in [0.5, 0.6) is 0 Å². The Morgan fingerprint density at radius 2 is 2.20 bits per heavy atom. The Hall–Kier alpha value is -1.44. The fourth-order valence-corrected chi connectivity index (χ4v) is 2.74. The number of aromatic nitrogens is 2. The van der Waals surface area contributed by atoms with E-state index in [0.717, 1.165) is 17.5 Å². The van der Waals surface area contributed by atoms with Gasteiger partial charge in [-0.3, -0.25) is 4.21 Å². The third-order valence-corrected chi connectivity index (χ3v) is 4.03. The molecule has 0 bridgehead atoms. The minimum Gasteiger partial charge on any atom is -0.399 e. The van der Waals surface area contributed by atoms with Crippen LogP contribution >= 0.6 is 0 Å². The third-order valence-electron chi connectivity index (χ3n) is 2.75. The molecule has 1 aromatic heterocycles. The molecule has 20 heavy (non-hydrogen) atoms. The van der Waals surface area contributed by atoms with Gasteiger partial charge in [-0.05, 0) is 24.6 Å². The summed E-state index contributed by atoms with van der Waals surface area (Å²) in [5.74, 6) is 0.516. The number of benzene rings is 1. The molecule has 6 nitrogen and oxygen atoms in total. The molecule has 0 radical (unpaired) electrons. The van der Waals surface area contributed by atoms with Crippen molar-refractivity contribution in [3.05, 3.63) is 18.2 Å². The highest BCUT2D eigenvalue weighted by atomic mass is 32.2. The van der Waals surface area contributed by atoms with E-state index in [1.54, 1.807) is 19.2 Å².